The van der Waals surface area contributed by atoms with Gasteiger partial charge in [0.25, 0.3) is 0 Å². The van der Waals surface area contributed by atoms with Crippen LogP contribution >= 0.6 is 11.3 Å². The summed E-state index contributed by atoms with van der Waals surface area (Å²) in [6.07, 6.45) is 0. The molecule has 2 rings (SSSR count). The molecule has 2 aromatic rings. The number of nitrogens with one attached hydrogen (secondary N) is 1. The van der Waals surface area contributed by atoms with Gasteiger partial charge in [-0.05, 0) is 23.6 Å². The van der Waals surface area contributed by atoms with Gasteiger partial charge in [0.1, 0.15) is 9.73 Å². The second kappa shape index (κ2) is 3.55. The molecule has 1 aromatic carbocycles. The highest BCUT2D eigenvalue weighted by atomic mass is 32.2. The smallest absolute Gasteiger partial charge is 0.102 e. The van der Waals surface area contributed by atoms with Gasteiger partial charge in [0.15, 0.2) is 0 Å². The van der Waals surface area contributed by atoms with E-state index in [-0.39, 0.29) is 0 Å². The molecule has 4 heteroatoms. The van der Waals surface area contributed by atoms with Crippen molar-refractivity contribution in [1.29, 1.82) is 4.78 Å². The third-order valence-corrected chi connectivity index (χ3v) is 4.59. The molecule has 0 saturated heterocycles. The van der Waals surface area contributed by atoms with Crippen LogP contribution in [0.1, 0.15) is 0 Å². The fourth-order valence-electron chi connectivity index (χ4n) is 1.16. The lowest BCUT2D eigenvalue weighted by molar-refractivity contribution is 0.675. The van der Waals surface area contributed by atoms with E-state index in [1.807, 2.05) is 11.4 Å². The van der Waals surface area contributed by atoms with Crippen molar-refractivity contribution in [3.8, 4) is 0 Å². The van der Waals surface area contributed by atoms with E-state index >= 15 is 0 Å². The van der Waals surface area contributed by atoms with Crippen molar-refractivity contribution >= 4 is 21.1 Å². The van der Waals surface area contributed by atoms with Crippen molar-refractivity contribution in [3.05, 3.63) is 47.2 Å². The second-order valence-corrected chi connectivity index (χ2v) is 5.66. The molecule has 2 nitrogen and oxygen atoms in total. The first-order valence-electron chi connectivity index (χ1n) is 4.07. The van der Waals surface area contributed by atoms with Crippen LogP contribution in [-0.4, -0.2) is 4.21 Å². The van der Waals surface area contributed by atoms with E-state index in [1.165, 1.54) is 11.3 Å². The zero-order valence-electron chi connectivity index (χ0n) is 7.34. The van der Waals surface area contributed by atoms with Crippen LogP contribution in [0.5, 0.6) is 0 Å². The molecule has 1 atom stereocenters. The van der Waals surface area contributed by atoms with Gasteiger partial charge in [0, 0.05) is 5.38 Å². The fraction of sp³-hybridized carbons (Fsp3) is 0. The first-order valence-corrected chi connectivity index (χ1v) is 6.57. The Kier molecular flexibility index (Phi) is 2.39. The summed E-state index contributed by atoms with van der Waals surface area (Å²) in [6.45, 7) is 0. The minimum atomic E-state index is -2.79. The van der Waals surface area contributed by atoms with Crippen molar-refractivity contribution < 1.29 is 4.21 Å². The van der Waals surface area contributed by atoms with Crippen molar-refractivity contribution in [1.82, 2.24) is 0 Å². The van der Waals surface area contributed by atoms with Crippen LogP contribution in [0, 0.1) is 4.78 Å². The summed E-state index contributed by atoms with van der Waals surface area (Å²) in [4.78, 5) is 1.16. The van der Waals surface area contributed by atoms with Crippen LogP contribution in [0.25, 0.3) is 0 Å². The van der Waals surface area contributed by atoms with E-state index in [4.69, 9.17) is 4.78 Å². The molecular weight excluding hydrogens is 214 g/mol. The minimum Gasteiger partial charge on any atom is -0.245 e. The third kappa shape index (κ3) is 1.58. The van der Waals surface area contributed by atoms with Crippen molar-refractivity contribution in [2.45, 2.75) is 9.79 Å². The van der Waals surface area contributed by atoms with Crippen LogP contribution in [-0.2, 0) is 9.73 Å². The van der Waals surface area contributed by atoms with E-state index in [0.29, 0.717) is 9.79 Å². The summed E-state index contributed by atoms with van der Waals surface area (Å²) < 4.78 is 20.0. The molecule has 0 fully saturated rings. The largest absolute Gasteiger partial charge is 0.245 e. The lowest BCUT2D eigenvalue weighted by atomic mass is 10.4. The lowest BCUT2D eigenvalue weighted by Gasteiger charge is -2.04. The quantitative estimate of drug-likeness (QED) is 0.834. The highest BCUT2D eigenvalue weighted by Gasteiger charge is 2.12. The maximum atomic E-state index is 12.1. The summed E-state index contributed by atoms with van der Waals surface area (Å²) in [6, 6.07) is 10.7. The molecule has 1 unspecified atom stereocenters. The average Bonchev–Trinajstić information content (AvgIpc) is 2.72. The number of benzene rings is 1. The standard InChI is InChI=1S/C10H9NOS2/c11-14(12,10-6-7-13-8-10)9-4-2-1-3-5-9/h1-8,11H. The number of hydrogen-bond donors (Lipinski definition) is 1. The molecule has 72 valence electrons. The van der Waals surface area contributed by atoms with Crippen LogP contribution in [0.15, 0.2) is 56.9 Å². The Labute approximate surface area is 87.2 Å². The average molecular weight is 223 g/mol. The molecule has 0 saturated carbocycles. The van der Waals surface area contributed by atoms with Crippen molar-refractivity contribution in [2.24, 2.45) is 0 Å². The highest BCUT2D eigenvalue weighted by Crippen LogP contribution is 2.22. The van der Waals surface area contributed by atoms with E-state index in [2.05, 4.69) is 0 Å². The zero-order chi connectivity index (χ0) is 10.0. The van der Waals surface area contributed by atoms with E-state index in [1.54, 1.807) is 35.7 Å². The number of hydrogen-bond acceptors (Lipinski definition) is 3. The molecule has 0 aliphatic carbocycles. The third-order valence-electron chi connectivity index (χ3n) is 1.90. The topological polar surface area (TPSA) is 40.9 Å². The maximum Gasteiger partial charge on any atom is 0.102 e. The summed E-state index contributed by atoms with van der Waals surface area (Å²) in [5, 5.41) is 3.61. The van der Waals surface area contributed by atoms with Crippen LogP contribution in [0.2, 0.25) is 0 Å². The van der Waals surface area contributed by atoms with E-state index in [0.717, 1.165) is 0 Å². The van der Waals surface area contributed by atoms with Crippen LogP contribution in [0.4, 0.5) is 0 Å². The van der Waals surface area contributed by atoms with Gasteiger partial charge in [-0.2, -0.15) is 11.3 Å². The Morgan fingerprint density at radius 2 is 1.79 bits per heavy atom. The summed E-state index contributed by atoms with van der Waals surface area (Å²) >= 11 is 1.46. The molecule has 1 aromatic heterocycles. The number of rotatable bonds is 2. The zero-order valence-corrected chi connectivity index (χ0v) is 8.98. The minimum absolute atomic E-state index is 0.568. The molecule has 1 heterocycles. The predicted molar refractivity (Wildman–Crippen MR) is 58.2 cm³/mol. The lowest BCUT2D eigenvalue weighted by Crippen LogP contribution is -1.97. The van der Waals surface area contributed by atoms with E-state index in [9.17, 15) is 4.21 Å². The Bertz CT molecular complexity index is 500. The number of thiophene rings is 1. The van der Waals surface area contributed by atoms with Gasteiger partial charge in [-0.3, -0.25) is 0 Å². The fourth-order valence-corrected chi connectivity index (χ4v) is 3.55. The van der Waals surface area contributed by atoms with Gasteiger partial charge in [0.05, 0.1) is 9.79 Å². The van der Waals surface area contributed by atoms with Crippen molar-refractivity contribution in [2.75, 3.05) is 0 Å². The molecule has 0 amide bonds. The van der Waals surface area contributed by atoms with Crippen molar-refractivity contribution in [3.63, 3.8) is 0 Å². The van der Waals surface area contributed by atoms with Crippen LogP contribution in [0.3, 0.4) is 0 Å². The molecule has 0 aliphatic heterocycles. The Morgan fingerprint density at radius 1 is 1.07 bits per heavy atom. The Hall–Kier alpha value is -1.13. The highest BCUT2D eigenvalue weighted by molar-refractivity contribution is 7.92. The van der Waals surface area contributed by atoms with Gasteiger partial charge >= 0.3 is 0 Å². The molecule has 0 aliphatic rings. The SMILES string of the molecule is N=S(=O)(c1ccccc1)c1ccsc1. The predicted octanol–water partition coefficient (Wildman–Crippen LogP) is 3.21. The molecule has 0 radical (unpaired) electrons. The molecular formula is C10H9NOS2. The molecule has 0 bridgehead atoms. The molecule has 0 spiro atoms. The normalized spacial score (nSPS) is 14.9. The van der Waals surface area contributed by atoms with Gasteiger partial charge in [-0.1, -0.05) is 18.2 Å². The van der Waals surface area contributed by atoms with Gasteiger partial charge in [0.2, 0.25) is 0 Å². The van der Waals surface area contributed by atoms with E-state index < -0.39 is 9.73 Å². The first kappa shape index (κ1) is 9.43. The van der Waals surface area contributed by atoms with Gasteiger partial charge in [-0.25, -0.2) is 8.99 Å². The second-order valence-electron chi connectivity index (χ2n) is 2.83. The monoisotopic (exact) mass is 223 g/mol. The summed E-state index contributed by atoms with van der Waals surface area (Å²) in [5.41, 5.74) is 0. The first-order chi connectivity index (χ1) is 6.71. The Balaban J connectivity index is 2.55. The van der Waals surface area contributed by atoms with Gasteiger partial charge < -0.3 is 0 Å². The maximum absolute atomic E-state index is 12.1. The van der Waals surface area contributed by atoms with Crippen LogP contribution < -0.4 is 0 Å². The molecule has 1 N–H and O–H groups in total. The Morgan fingerprint density at radius 3 is 2.36 bits per heavy atom. The summed E-state index contributed by atoms with van der Waals surface area (Å²) in [7, 11) is -2.79. The molecule has 14 heavy (non-hydrogen) atoms. The summed E-state index contributed by atoms with van der Waals surface area (Å²) in [5.74, 6) is 0. The van der Waals surface area contributed by atoms with Gasteiger partial charge in [-0.15, -0.1) is 0 Å².